The second kappa shape index (κ2) is 8.87. The first-order chi connectivity index (χ1) is 13.9. The predicted molar refractivity (Wildman–Crippen MR) is 109 cm³/mol. The number of fused-ring (bicyclic) bond motifs is 1. The Kier molecular flexibility index (Phi) is 6.29. The Morgan fingerprint density at radius 3 is 2.34 bits per heavy atom. The van der Waals surface area contributed by atoms with E-state index in [4.69, 9.17) is 4.74 Å². The molecule has 0 aromatic heterocycles. The fraction of sp³-hybridized carbons (Fsp3) is 0.318. The minimum atomic E-state index is -0.416. The van der Waals surface area contributed by atoms with Crippen LogP contribution in [0.15, 0.2) is 48.5 Å². The third-order valence-electron chi connectivity index (χ3n) is 5.15. The van der Waals surface area contributed by atoms with Crippen molar-refractivity contribution in [2.75, 3.05) is 33.1 Å². The maximum atomic E-state index is 12.6. The molecular weight excluding hydrogens is 370 g/mol. The first kappa shape index (κ1) is 20.5. The first-order valence-electron chi connectivity index (χ1n) is 9.49. The third-order valence-corrected chi connectivity index (χ3v) is 5.15. The Hall–Kier alpha value is -3.19. The van der Waals surface area contributed by atoms with Gasteiger partial charge in [-0.05, 0) is 29.8 Å². The summed E-state index contributed by atoms with van der Waals surface area (Å²) in [6.07, 6.45) is 0.548. The van der Waals surface area contributed by atoms with Crippen molar-refractivity contribution in [3.8, 4) is 0 Å². The van der Waals surface area contributed by atoms with Gasteiger partial charge in [-0.25, -0.2) is 4.79 Å². The lowest BCUT2D eigenvalue weighted by atomic mass is 9.94. The number of carbonyl (C=O) groups is 3. The van der Waals surface area contributed by atoms with Crippen molar-refractivity contribution in [3.63, 3.8) is 0 Å². The van der Waals surface area contributed by atoms with Gasteiger partial charge in [0.15, 0.2) is 12.6 Å². The van der Waals surface area contributed by atoms with E-state index in [0.717, 1.165) is 16.0 Å². The molecule has 2 amide bonds. The van der Waals surface area contributed by atoms with E-state index < -0.39 is 6.04 Å². The highest BCUT2D eigenvalue weighted by atomic mass is 16.5. The van der Waals surface area contributed by atoms with E-state index in [0.29, 0.717) is 24.2 Å². The molecule has 29 heavy (non-hydrogen) atoms. The van der Waals surface area contributed by atoms with Crippen molar-refractivity contribution < 1.29 is 24.0 Å². The molecule has 2 atom stereocenters. The molecule has 2 aromatic rings. The predicted octanol–water partition coefficient (Wildman–Crippen LogP) is 0.510. The molecule has 2 aromatic carbocycles. The number of hydrogen-bond acceptors (Lipinski definition) is 4. The molecule has 0 saturated carbocycles. The van der Waals surface area contributed by atoms with Crippen molar-refractivity contribution in [2.45, 2.75) is 19.0 Å². The molecule has 7 heteroatoms. The molecule has 0 radical (unpaired) electrons. The molecule has 0 bridgehead atoms. The number of esters is 1. The number of anilines is 1. The molecule has 1 heterocycles. The number of ether oxygens (including phenoxy) is 1. The minimum absolute atomic E-state index is 0.0970. The van der Waals surface area contributed by atoms with Crippen LogP contribution in [0.1, 0.15) is 21.5 Å². The number of rotatable bonds is 5. The fourth-order valence-corrected chi connectivity index (χ4v) is 3.60. The molecule has 1 unspecified atom stereocenters. The first-order valence-corrected chi connectivity index (χ1v) is 9.49. The standard InChI is InChI=1S/C22H25N3O4/c1-24(2)21(27)15-8-10-18(11-9-15)23-20(26)14-25-13-17-7-5-4-6-16(17)12-19(25)22(28)29-3/h4-11,19H,12-14H2,1-3H3,(H,23,26)/p+1/t19-/m0/s1. The quantitative estimate of drug-likeness (QED) is 0.722. The number of benzene rings is 2. The molecule has 0 saturated heterocycles. The monoisotopic (exact) mass is 396 g/mol. The summed E-state index contributed by atoms with van der Waals surface area (Å²) in [6.45, 7) is 0.728. The lowest BCUT2D eigenvalue weighted by Gasteiger charge is -2.31. The molecule has 0 aliphatic carbocycles. The third kappa shape index (κ3) is 4.81. The van der Waals surface area contributed by atoms with Gasteiger partial charge >= 0.3 is 5.97 Å². The van der Waals surface area contributed by atoms with Crippen LogP contribution < -0.4 is 10.2 Å². The van der Waals surface area contributed by atoms with Gasteiger partial charge < -0.3 is 19.9 Å². The van der Waals surface area contributed by atoms with Gasteiger partial charge in [-0.2, -0.15) is 0 Å². The average molecular weight is 396 g/mol. The fourth-order valence-electron chi connectivity index (χ4n) is 3.60. The number of amides is 2. The zero-order valence-corrected chi connectivity index (χ0v) is 16.9. The Labute approximate surface area is 170 Å². The minimum Gasteiger partial charge on any atom is -0.465 e. The molecule has 1 aliphatic heterocycles. The molecule has 1 aliphatic rings. The molecule has 0 fully saturated rings. The van der Waals surface area contributed by atoms with Crippen LogP contribution in [-0.4, -0.2) is 56.5 Å². The Morgan fingerprint density at radius 1 is 1.07 bits per heavy atom. The largest absolute Gasteiger partial charge is 0.465 e. The normalized spacial score (nSPS) is 17.8. The van der Waals surface area contributed by atoms with Gasteiger partial charge in [0.05, 0.1) is 7.11 Å². The van der Waals surface area contributed by atoms with E-state index in [-0.39, 0.29) is 24.3 Å². The zero-order valence-electron chi connectivity index (χ0n) is 16.9. The van der Waals surface area contributed by atoms with E-state index in [2.05, 4.69) is 5.32 Å². The van der Waals surface area contributed by atoms with Gasteiger partial charge in [-0.3, -0.25) is 9.59 Å². The van der Waals surface area contributed by atoms with Crippen LogP contribution >= 0.6 is 0 Å². The Balaban J connectivity index is 1.68. The zero-order chi connectivity index (χ0) is 21.0. The highest BCUT2D eigenvalue weighted by Gasteiger charge is 2.37. The van der Waals surface area contributed by atoms with Crippen LogP contribution in [0.25, 0.3) is 0 Å². The average Bonchev–Trinajstić information content (AvgIpc) is 2.72. The van der Waals surface area contributed by atoms with E-state index >= 15 is 0 Å². The number of nitrogens with zero attached hydrogens (tertiary/aromatic N) is 1. The second-order valence-corrected chi connectivity index (χ2v) is 7.39. The van der Waals surface area contributed by atoms with Crippen LogP contribution in [0, 0.1) is 0 Å². The molecule has 152 valence electrons. The summed E-state index contributed by atoms with van der Waals surface area (Å²) in [7, 11) is 4.75. The van der Waals surface area contributed by atoms with E-state index in [1.54, 1.807) is 38.4 Å². The highest BCUT2D eigenvalue weighted by molar-refractivity contribution is 5.95. The number of carbonyl (C=O) groups excluding carboxylic acids is 3. The topological polar surface area (TPSA) is 80.1 Å². The van der Waals surface area contributed by atoms with Crippen LogP contribution in [0.5, 0.6) is 0 Å². The summed E-state index contributed by atoms with van der Waals surface area (Å²) in [4.78, 5) is 39.2. The Bertz CT molecular complexity index is 909. The maximum Gasteiger partial charge on any atom is 0.365 e. The highest BCUT2D eigenvalue weighted by Crippen LogP contribution is 2.15. The van der Waals surface area contributed by atoms with E-state index in [1.807, 2.05) is 24.3 Å². The van der Waals surface area contributed by atoms with Crippen molar-refractivity contribution in [1.29, 1.82) is 0 Å². The van der Waals surface area contributed by atoms with Crippen molar-refractivity contribution in [3.05, 3.63) is 65.2 Å². The Morgan fingerprint density at radius 2 is 1.72 bits per heavy atom. The second-order valence-electron chi connectivity index (χ2n) is 7.39. The van der Waals surface area contributed by atoms with Crippen LogP contribution in [0.4, 0.5) is 5.69 Å². The van der Waals surface area contributed by atoms with E-state index in [9.17, 15) is 14.4 Å². The van der Waals surface area contributed by atoms with Crippen LogP contribution in [0.2, 0.25) is 0 Å². The number of hydrogen-bond donors (Lipinski definition) is 2. The lowest BCUT2D eigenvalue weighted by molar-refractivity contribution is -0.924. The van der Waals surface area contributed by atoms with Crippen LogP contribution in [0.3, 0.4) is 0 Å². The smallest absolute Gasteiger partial charge is 0.365 e. The molecule has 2 N–H and O–H groups in total. The number of quaternary nitrogens is 1. The summed E-state index contributed by atoms with van der Waals surface area (Å²) in [6, 6.07) is 14.3. The van der Waals surface area contributed by atoms with Gasteiger partial charge in [0.2, 0.25) is 0 Å². The van der Waals surface area contributed by atoms with Gasteiger partial charge in [0, 0.05) is 37.3 Å². The summed E-state index contributed by atoms with van der Waals surface area (Å²) in [5.74, 6) is -0.603. The van der Waals surface area contributed by atoms with Crippen LogP contribution in [-0.2, 0) is 27.3 Å². The lowest BCUT2D eigenvalue weighted by Crippen LogP contribution is -3.17. The van der Waals surface area contributed by atoms with Gasteiger partial charge in [-0.1, -0.05) is 24.3 Å². The van der Waals surface area contributed by atoms with Gasteiger partial charge in [-0.15, -0.1) is 0 Å². The maximum absolute atomic E-state index is 12.6. The SMILES string of the molecule is COC(=O)[C@@H]1Cc2ccccc2C[NH+]1CC(=O)Nc1ccc(C(=O)N(C)C)cc1. The molecular formula is C22H26N3O4+. The summed E-state index contributed by atoms with van der Waals surface area (Å²) < 4.78 is 4.96. The molecule has 3 rings (SSSR count). The number of methoxy groups -OCH3 is 1. The van der Waals surface area contributed by atoms with Crippen molar-refractivity contribution >= 4 is 23.5 Å². The molecule has 0 spiro atoms. The van der Waals surface area contributed by atoms with E-state index in [1.165, 1.54) is 12.0 Å². The summed E-state index contributed by atoms with van der Waals surface area (Å²) in [5, 5.41) is 2.85. The van der Waals surface area contributed by atoms with Crippen molar-refractivity contribution in [1.82, 2.24) is 4.90 Å². The van der Waals surface area contributed by atoms with Gasteiger partial charge in [0.1, 0.15) is 6.54 Å². The molecule has 7 nitrogen and oxygen atoms in total. The summed E-state index contributed by atoms with van der Waals surface area (Å²) in [5.41, 5.74) is 3.42. The van der Waals surface area contributed by atoms with Crippen molar-refractivity contribution in [2.24, 2.45) is 0 Å². The number of nitrogens with one attached hydrogen (secondary N) is 2. The summed E-state index contributed by atoms with van der Waals surface area (Å²) >= 11 is 0. The van der Waals surface area contributed by atoms with Gasteiger partial charge in [0.25, 0.3) is 11.8 Å².